The monoisotopic (exact) mass is 252 g/mol. The van der Waals surface area contributed by atoms with Crippen molar-refractivity contribution in [2.45, 2.75) is 0 Å². The summed E-state index contributed by atoms with van der Waals surface area (Å²) >= 11 is 0. The molecule has 1 N–H and O–H groups in total. The quantitative estimate of drug-likeness (QED) is 0.729. The third-order valence-electron chi connectivity index (χ3n) is 3.11. The number of aromatic amines is 1. The van der Waals surface area contributed by atoms with E-state index in [1.54, 1.807) is 19.5 Å². The first-order chi connectivity index (χ1) is 9.33. The molecule has 2 heterocycles. The normalized spacial score (nSPS) is 10.6. The van der Waals surface area contributed by atoms with E-state index in [0.717, 1.165) is 34.2 Å². The summed E-state index contributed by atoms with van der Waals surface area (Å²) in [5, 5.41) is 0.884. The van der Waals surface area contributed by atoms with Crippen molar-refractivity contribution in [2.24, 2.45) is 0 Å². The molecule has 1 aromatic carbocycles. The maximum Gasteiger partial charge on any atom is 0.152 e. The van der Waals surface area contributed by atoms with E-state index >= 15 is 0 Å². The summed E-state index contributed by atoms with van der Waals surface area (Å²) < 4.78 is 5.19. The molecule has 0 bridgehead atoms. The minimum Gasteiger partial charge on any atom is -0.497 e. The minimum atomic E-state index is 0.644. The van der Waals surface area contributed by atoms with Crippen LogP contribution in [0.2, 0.25) is 0 Å². The van der Waals surface area contributed by atoms with Gasteiger partial charge in [0.25, 0.3) is 0 Å². The fourth-order valence-electron chi connectivity index (χ4n) is 2.19. The number of hydrogen-bond acceptors (Lipinski definition) is 3. The number of H-pyrrole nitrogens is 1. The number of rotatable bonds is 3. The number of nitrogens with zero attached hydrogens (tertiary/aromatic N) is 1. The summed E-state index contributed by atoms with van der Waals surface area (Å²) in [7, 11) is 1.62. The molecule has 4 heteroatoms. The molecule has 0 unspecified atom stereocenters. The number of hydrogen-bond donors (Lipinski definition) is 1. The van der Waals surface area contributed by atoms with Gasteiger partial charge in [0.1, 0.15) is 5.75 Å². The van der Waals surface area contributed by atoms with Gasteiger partial charge in [-0.25, -0.2) is 0 Å². The summed E-state index contributed by atoms with van der Waals surface area (Å²) in [5.74, 6) is 0.754. The molecule has 4 nitrogen and oxygen atoms in total. The molecule has 0 amide bonds. The number of aromatic nitrogens is 2. The number of aldehydes is 1. The lowest BCUT2D eigenvalue weighted by Crippen LogP contribution is -1.85. The molecule has 19 heavy (non-hydrogen) atoms. The highest BCUT2D eigenvalue weighted by atomic mass is 16.5. The van der Waals surface area contributed by atoms with Gasteiger partial charge in [-0.3, -0.25) is 9.78 Å². The van der Waals surface area contributed by atoms with Crippen LogP contribution in [0.3, 0.4) is 0 Å². The van der Waals surface area contributed by atoms with Crippen molar-refractivity contribution in [1.29, 1.82) is 0 Å². The molecule has 0 radical (unpaired) electrons. The van der Waals surface area contributed by atoms with E-state index in [1.807, 2.05) is 30.3 Å². The molecule has 2 aromatic heterocycles. The topological polar surface area (TPSA) is 55.0 Å². The van der Waals surface area contributed by atoms with Gasteiger partial charge in [0, 0.05) is 35.0 Å². The number of carbonyl (C=O) groups is 1. The highest BCUT2D eigenvalue weighted by Gasteiger charge is 2.13. The van der Waals surface area contributed by atoms with Crippen LogP contribution < -0.4 is 4.74 Å². The Hall–Kier alpha value is -2.62. The Balaban J connectivity index is 2.28. The lowest BCUT2D eigenvalue weighted by atomic mass is 10.1. The minimum absolute atomic E-state index is 0.644. The van der Waals surface area contributed by atoms with Gasteiger partial charge in [-0.2, -0.15) is 0 Å². The van der Waals surface area contributed by atoms with Gasteiger partial charge < -0.3 is 9.72 Å². The molecule has 3 rings (SSSR count). The first kappa shape index (κ1) is 11.5. The number of ether oxygens (including phenoxy) is 1. The number of nitrogens with one attached hydrogen (secondary N) is 1. The molecule has 3 aromatic rings. The molecule has 0 atom stereocenters. The van der Waals surface area contributed by atoms with Crippen LogP contribution in [0.4, 0.5) is 0 Å². The smallest absolute Gasteiger partial charge is 0.152 e. The summed E-state index contributed by atoms with van der Waals surface area (Å²) in [6.07, 6.45) is 4.30. The van der Waals surface area contributed by atoms with E-state index in [-0.39, 0.29) is 0 Å². The zero-order chi connectivity index (χ0) is 13.2. The Morgan fingerprint density at radius 1 is 1.32 bits per heavy atom. The van der Waals surface area contributed by atoms with Crippen LogP contribution in [0.15, 0.2) is 42.7 Å². The van der Waals surface area contributed by atoms with Gasteiger partial charge in [0.2, 0.25) is 0 Å². The molecule has 94 valence electrons. The summed E-state index contributed by atoms with van der Waals surface area (Å²) in [6.45, 7) is 0. The second-order valence-corrected chi connectivity index (χ2v) is 4.18. The molecule has 0 saturated heterocycles. The number of benzene rings is 1. The molecule has 0 spiro atoms. The fraction of sp³-hybridized carbons (Fsp3) is 0.0667. The molecule has 0 aliphatic heterocycles. The molecule has 0 aliphatic carbocycles. The average molecular weight is 252 g/mol. The zero-order valence-electron chi connectivity index (χ0n) is 10.4. The standard InChI is InChI=1S/C15H12N2O2/c1-19-11-4-5-12-13(9-18)15(17-14(12)7-11)10-3-2-6-16-8-10/h2-9,17H,1H3. The highest BCUT2D eigenvalue weighted by Crippen LogP contribution is 2.30. The number of pyridine rings is 1. The van der Waals surface area contributed by atoms with E-state index < -0.39 is 0 Å². The van der Waals surface area contributed by atoms with Crippen molar-refractivity contribution < 1.29 is 9.53 Å². The maximum absolute atomic E-state index is 11.4. The van der Waals surface area contributed by atoms with Crippen molar-refractivity contribution in [3.8, 4) is 17.0 Å². The van der Waals surface area contributed by atoms with Gasteiger partial charge in [-0.1, -0.05) is 0 Å². The van der Waals surface area contributed by atoms with E-state index in [0.29, 0.717) is 5.56 Å². The van der Waals surface area contributed by atoms with E-state index in [4.69, 9.17) is 4.74 Å². The zero-order valence-corrected chi connectivity index (χ0v) is 10.4. The van der Waals surface area contributed by atoms with Gasteiger partial charge >= 0.3 is 0 Å². The van der Waals surface area contributed by atoms with Crippen molar-refractivity contribution in [3.63, 3.8) is 0 Å². The van der Waals surface area contributed by atoms with E-state index in [2.05, 4.69) is 9.97 Å². The summed E-state index contributed by atoms with van der Waals surface area (Å²) in [5.41, 5.74) is 3.19. The SMILES string of the molecule is COc1ccc2c(C=O)c(-c3cccnc3)[nH]c2c1. The highest BCUT2D eigenvalue weighted by molar-refractivity contribution is 6.04. The van der Waals surface area contributed by atoms with Crippen LogP contribution in [0.1, 0.15) is 10.4 Å². The number of carbonyl (C=O) groups excluding carboxylic acids is 1. The number of methoxy groups -OCH3 is 1. The van der Waals surface area contributed by atoms with Gasteiger partial charge in [0.15, 0.2) is 6.29 Å². The molecule has 0 saturated carbocycles. The van der Waals surface area contributed by atoms with Crippen LogP contribution in [0.5, 0.6) is 5.75 Å². The molecular weight excluding hydrogens is 240 g/mol. The van der Waals surface area contributed by atoms with Crippen LogP contribution in [0, 0.1) is 0 Å². The van der Waals surface area contributed by atoms with Gasteiger partial charge in [-0.05, 0) is 24.3 Å². The van der Waals surface area contributed by atoms with Crippen LogP contribution in [0.25, 0.3) is 22.2 Å². The van der Waals surface area contributed by atoms with E-state index in [9.17, 15) is 4.79 Å². The third-order valence-corrected chi connectivity index (χ3v) is 3.11. The second kappa shape index (κ2) is 4.57. The van der Waals surface area contributed by atoms with Crippen molar-refractivity contribution in [1.82, 2.24) is 9.97 Å². The average Bonchev–Trinajstić information content (AvgIpc) is 2.85. The lowest BCUT2D eigenvalue weighted by molar-refractivity contribution is 0.112. The van der Waals surface area contributed by atoms with Gasteiger partial charge in [-0.15, -0.1) is 0 Å². The predicted octanol–water partition coefficient (Wildman–Crippen LogP) is 3.05. The van der Waals surface area contributed by atoms with Crippen molar-refractivity contribution in [3.05, 3.63) is 48.3 Å². The molecular formula is C15H12N2O2. The number of fused-ring (bicyclic) bond motifs is 1. The summed E-state index contributed by atoms with van der Waals surface area (Å²) in [4.78, 5) is 18.7. The Bertz CT molecular complexity index is 732. The van der Waals surface area contributed by atoms with Crippen LogP contribution in [-0.2, 0) is 0 Å². The first-order valence-corrected chi connectivity index (χ1v) is 5.89. The first-order valence-electron chi connectivity index (χ1n) is 5.89. The van der Waals surface area contributed by atoms with Crippen molar-refractivity contribution in [2.75, 3.05) is 7.11 Å². The fourth-order valence-corrected chi connectivity index (χ4v) is 2.19. The molecule has 0 aliphatic rings. The van der Waals surface area contributed by atoms with Crippen LogP contribution in [-0.4, -0.2) is 23.4 Å². The van der Waals surface area contributed by atoms with E-state index in [1.165, 1.54) is 0 Å². The Morgan fingerprint density at radius 2 is 2.21 bits per heavy atom. The predicted molar refractivity (Wildman–Crippen MR) is 73.5 cm³/mol. The second-order valence-electron chi connectivity index (χ2n) is 4.18. The Labute approximate surface area is 110 Å². The largest absolute Gasteiger partial charge is 0.497 e. The van der Waals surface area contributed by atoms with Crippen molar-refractivity contribution >= 4 is 17.2 Å². The Kier molecular flexibility index (Phi) is 2.76. The summed E-state index contributed by atoms with van der Waals surface area (Å²) in [6, 6.07) is 9.37. The Morgan fingerprint density at radius 3 is 2.89 bits per heavy atom. The van der Waals surface area contributed by atoms with Crippen LogP contribution >= 0.6 is 0 Å². The third kappa shape index (κ3) is 1.87. The maximum atomic E-state index is 11.4. The molecule has 0 fully saturated rings. The van der Waals surface area contributed by atoms with Gasteiger partial charge in [0.05, 0.1) is 18.3 Å². The lowest BCUT2D eigenvalue weighted by Gasteiger charge is -1.98.